The molecular formula is C17H26N2O. The third-order valence-corrected chi connectivity index (χ3v) is 3.25. The van der Waals surface area contributed by atoms with Crippen molar-refractivity contribution in [1.29, 1.82) is 5.26 Å². The van der Waals surface area contributed by atoms with Crippen molar-refractivity contribution in [2.45, 2.75) is 58.5 Å². The second-order valence-electron chi connectivity index (χ2n) is 6.03. The first-order chi connectivity index (χ1) is 9.38. The minimum absolute atomic E-state index is 0.280. The average molecular weight is 274 g/mol. The predicted octanol–water partition coefficient (Wildman–Crippen LogP) is 3.86. The summed E-state index contributed by atoms with van der Waals surface area (Å²) in [7, 11) is 0. The fraction of sp³-hybridized carbons (Fsp3) is 0.588. The van der Waals surface area contributed by atoms with E-state index in [1.54, 1.807) is 0 Å². The summed E-state index contributed by atoms with van der Waals surface area (Å²) >= 11 is 0. The van der Waals surface area contributed by atoms with E-state index in [9.17, 15) is 5.26 Å². The van der Waals surface area contributed by atoms with Crippen LogP contribution in [0.5, 0.6) is 5.75 Å². The molecule has 1 N–H and O–H groups in total. The van der Waals surface area contributed by atoms with E-state index in [0.29, 0.717) is 18.9 Å². The number of para-hydroxylation sites is 1. The highest BCUT2D eigenvalue weighted by Crippen LogP contribution is 2.26. The lowest BCUT2D eigenvalue weighted by Crippen LogP contribution is -2.45. The van der Waals surface area contributed by atoms with Gasteiger partial charge in [0.15, 0.2) is 0 Å². The lowest BCUT2D eigenvalue weighted by Gasteiger charge is -2.26. The van der Waals surface area contributed by atoms with Gasteiger partial charge in [0.05, 0.1) is 12.7 Å². The van der Waals surface area contributed by atoms with Gasteiger partial charge in [-0.3, -0.25) is 5.32 Å². The molecule has 3 heteroatoms. The maximum Gasteiger partial charge on any atom is 0.122 e. The Morgan fingerprint density at radius 2 is 1.90 bits per heavy atom. The molecule has 0 radical (unpaired) electrons. The van der Waals surface area contributed by atoms with Crippen molar-refractivity contribution in [2.75, 3.05) is 6.61 Å². The molecule has 0 aliphatic heterocycles. The molecule has 3 nitrogen and oxygen atoms in total. The van der Waals surface area contributed by atoms with Crippen LogP contribution >= 0.6 is 0 Å². The monoisotopic (exact) mass is 274 g/mol. The first kappa shape index (κ1) is 16.5. The molecule has 0 aliphatic carbocycles. The Hall–Kier alpha value is -1.53. The van der Waals surface area contributed by atoms with E-state index in [1.165, 1.54) is 5.56 Å². The summed E-state index contributed by atoms with van der Waals surface area (Å²) in [5, 5.41) is 12.6. The van der Waals surface area contributed by atoms with Gasteiger partial charge in [-0.1, -0.05) is 32.0 Å². The van der Waals surface area contributed by atoms with Gasteiger partial charge in [0, 0.05) is 12.5 Å². The van der Waals surface area contributed by atoms with Gasteiger partial charge in [-0.15, -0.1) is 0 Å². The molecule has 0 heterocycles. The topological polar surface area (TPSA) is 45.0 Å². The number of nitrogens with zero attached hydrogens (tertiary/aromatic N) is 1. The van der Waals surface area contributed by atoms with Gasteiger partial charge in [0.25, 0.3) is 0 Å². The van der Waals surface area contributed by atoms with Gasteiger partial charge in [-0.05, 0) is 38.3 Å². The number of nitrogens with one attached hydrogen (secondary N) is 1. The largest absolute Gasteiger partial charge is 0.493 e. The molecular weight excluding hydrogens is 248 g/mol. The summed E-state index contributed by atoms with van der Waals surface area (Å²) in [6, 6.07) is 10.7. The Labute approximate surface area is 123 Å². The van der Waals surface area contributed by atoms with Crippen molar-refractivity contribution in [3.8, 4) is 11.8 Å². The number of benzene rings is 1. The van der Waals surface area contributed by atoms with Crippen LogP contribution in [0.1, 0.15) is 52.5 Å². The van der Waals surface area contributed by atoms with Crippen molar-refractivity contribution < 1.29 is 4.74 Å². The predicted molar refractivity (Wildman–Crippen MR) is 82.9 cm³/mol. The van der Waals surface area contributed by atoms with Gasteiger partial charge >= 0.3 is 0 Å². The summed E-state index contributed by atoms with van der Waals surface area (Å²) in [4.78, 5) is 0. The summed E-state index contributed by atoms with van der Waals surface area (Å²) in [5.74, 6) is 1.36. The number of hydrogen-bond donors (Lipinski definition) is 1. The quantitative estimate of drug-likeness (QED) is 0.821. The van der Waals surface area contributed by atoms with Crippen LogP contribution in [0.25, 0.3) is 0 Å². The van der Waals surface area contributed by atoms with Gasteiger partial charge in [-0.25, -0.2) is 0 Å². The summed E-state index contributed by atoms with van der Waals surface area (Å²) < 4.78 is 5.89. The number of nitriles is 1. The zero-order valence-electron chi connectivity index (χ0n) is 13.2. The zero-order valence-corrected chi connectivity index (χ0v) is 13.2. The first-order valence-corrected chi connectivity index (χ1v) is 7.28. The Bertz CT molecular complexity index is 462. The minimum Gasteiger partial charge on any atom is -0.493 e. The zero-order chi connectivity index (χ0) is 15.2. The molecule has 0 saturated heterocycles. The number of hydrogen-bond acceptors (Lipinski definition) is 3. The lowest BCUT2D eigenvalue weighted by atomic mass is 9.99. The van der Waals surface area contributed by atoms with Gasteiger partial charge in [0.1, 0.15) is 11.3 Å². The molecule has 1 rings (SSSR count). The Morgan fingerprint density at radius 1 is 1.25 bits per heavy atom. The molecule has 1 aromatic carbocycles. The Morgan fingerprint density at radius 3 is 2.45 bits per heavy atom. The molecule has 0 saturated carbocycles. The van der Waals surface area contributed by atoms with Crippen molar-refractivity contribution in [3.63, 3.8) is 0 Å². The van der Waals surface area contributed by atoms with Crippen LogP contribution in [-0.2, 0) is 0 Å². The van der Waals surface area contributed by atoms with E-state index in [4.69, 9.17) is 4.74 Å². The van der Waals surface area contributed by atoms with Crippen molar-refractivity contribution in [1.82, 2.24) is 5.32 Å². The van der Waals surface area contributed by atoms with Crippen molar-refractivity contribution >= 4 is 0 Å². The number of rotatable bonds is 7. The molecule has 0 spiro atoms. The van der Waals surface area contributed by atoms with E-state index in [0.717, 1.165) is 5.75 Å². The molecule has 1 atom stereocenters. The van der Waals surface area contributed by atoms with Crippen molar-refractivity contribution in [3.05, 3.63) is 29.8 Å². The minimum atomic E-state index is -0.541. The van der Waals surface area contributed by atoms with Crippen LogP contribution in [0.3, 0.4) is 0 Å². The molecule has 0 bridgehead atoms. The lowest BCUT2D eigenvalue weighted by molar-refractivity contribution is 0.257. The molecule has 0 fully saturated rings. The standard InChI is InChI=1S/C17H26N2O/c1-13(2)15-8-6-7-9-16(15)20-11-10-17(5,12-18)19-14(3)4/h6-9,13-14,19H,10-11H2,1-5H3. The van der Waals surface area contributed by atoms with E-state index in [-0.39, 0.29) is 6.04 Å². The van der Waals surface area contributed by atoms with Gasteiger partial charge in [0.2, 0.25) is 0 Å². The Kier molecular flexibility index (Phi) is 6.04. The fourth-order valence-corrected chi connectivity index (χ4v) is 2.25. The summed E-state index contributed by atoms with van der Waals surface area (Å²) in [5.41, 5.74) is 0.670. The van der Waals surface area contributed by atoms with Crippen LogP contribution < -0.4 is 10.1 Å². The maximum atomic E-state index is 9.31. The highest BCUT2D eigenvalue weighted by atomic mass is 16.5. The molecule has 1 aromatic rings. The van der Waals surface area contributed by atoms with E-state index < -0.39 is 5.54 Å². The second kappa shape index (κ2) is 7.31. The Balaban J connectivity index is 2.62. The van der Waals surface area contributed by atoms with Crippen LogP contribution in [0.2, 0.25) is 0 Å². The molecule has 0 amide bonds. The smallest absolute Gasteiger partial charge is 0.122 e. The van der Waals surface area contributed by atoms with Gasteiger partial charge in [-0.2, -0.15) is 5.26 Å². The molecule has 1 unspecified atom stereocenters. The van der Waals surface area contributed by atoms with Crippen LogP contribution in [0.4, 0.5) is 0 Å². The molecule has 0 aliphatic rings. The number of ether oxygens (including phenoxy) is 1. The van der Waals surface area contributed by atoms with Crippen LogP contribution in [0, 0.1) is 11.3 Å². The summed E-state index contributed by atoms with van der Waals surface area (Å²) in [6.45, 7) is 10.9. The van der Waals surface area contributed by atoms with E-state index >= 15 is 0 Å². The van der Waals surface area contributed by atoms with Crippen molar-refractivity contribution in [2.24, 2.45) is 0 Å². The SMILES string of the molecule is CC(C)NC(C)(C#N)CCOc1ccccc1C(C)C. The van der Waals surface area contributed by atoms with Crippen LogP contribution in [-0.4, -0.2) is 18.2 Å². The van der Waals surface area contributed by atoms with E-state index in [1.807, 2.05) is 39.0 Å². The second-order valence-corrected chi connectivity index (χ2v) is 6.03. The molecule has 20 heavy (non-hydrogen) atoms. The molecule has 110 valence electrons. The third kappa shape index (κ3) is 4.86. The molecule has 0 aromatic heterocycles. The normalized spacial score (nSPS) is 14.1. The van der Waals surface area contributed by atoms with Crippen LogP contribution in [0.15, 0.2) is 24.3 Å². The maximum absolute atomic E-state index is 9.31. The van der Waals surface area contributed by atoms with E-state index in [2.05, 4.69) is 31.3 Å². The fourth-order valence-electron chi connectivity index (χ4n) is 2.25. The van der Waals surface area contributed by atoms with Gasteiger partial charge < -0.3 is 4.74 Å². The average Bonchev–Trinajstić information content (AvgIpc) is 2.38. The highest BCUT2D eigenvalue weighted by Gasteiger charge is 2.24. The first-order valence-electron chi connectivity index (χ1n) is 7.28. The third-order valence-electron chi connectivity index (χ3n) is 3.25. The summed E-state index contributed by atoms with van der Waals surface area (Å²) in [6.07, 6.45) is 0.661. The highest BCUT2D eigenvalue weighted by molar-refractivity contribution is 5.35.